The van der Waals surface area contributed by atoms with Crippen LogP contribution in [0.25, 0.3) is 11.1 Å². The molecule has 0 heterocycles. The Kier molecular flexibility index (Phi) is 11.5. The summed E-state index contributed by atoms with van der Waals surface area (Å²) in [6.45, 7) is 26.4. The van der Waals surface area contributed by atoms with Crippen molar-refractivity contribution in [1.29, 1.82) is 0 Å². The molecule has 0 aliphatic heterocycles. The minimum Gasteiger partial charge on any atom is -1.00 e. The first-order chi connectivity index (χ1) is 19.6. The zero-order chi connectivity index (χ0) is 30.6. The molecule has 0 radical (unpaired) electrons. The summed E-state index contributed by atoms with van der Waals surface area (Å²) in [6, 6.07) is 23.6. The van der Waals surface area contributed by atoms with Crippen molar-refractivity contribution in [1.82, 2.24) is 0 Å². The van der Waals surface area contributed by atoms with E-state index in [9.17, 15) is 0 Å². The van der Waals surface area contributed by atoms with Crippen LogP contribution in [-0.4, -0.2) is 3.71 Å². The first kappa shape index (κ1) is 36.9. The molecule has 0 bridgehead atoms. The van der Waals surface area contributed by atoms with Gasteiger partial charge in [-0.1, -0.05) is 0 Å². The van der Waals surface area contributed by atoms with Gasteiger partial charge in [0.15, 0.2) is 0 Å². The topological polar surface area (TPSA) is 0 Å². The third-order valence-electron chi connectivity index (χ3n) is 9.41. The molecule has 3 aromatic rings. The van der Waals surface area contributed by atoms with Gasteiger partial charge in [0.2, 0.25) is 0 Å². The molecule has 2 aliphatic carbocycles. The Bertz CT molecular complexity index is 1600. The quantitative estimate of drug-likeness (QED) is 0.284. The Labute approximate surface area is 288 Å². The average molecular weight is 707 g/mol. The third-order valence-corrected chi connectivity index (χ3v) is 16.7. The number of halogens is 2. The van der Waals surface area contributed by atoms with Crippen LogP contribution in [0.15, 0.2) is 81.2 Å². The van der Waals surface area contributed by atoms with Gasteiger partial charge in [-0.25, -0.2) is 0 Å². The van der Waals surface area contributed by atoms with Gasteiger partial charge in [0.1, 0.15) is 0 Å². The molecule has 1 atom stereocenters. The monoisotopic (exact) mass is 704 g/mol. The molecule has 2 aliphatic rings. The van der Waals surface area contributed by atoms with Gasteiger partial charge < -0.3 is 24.8 Å². The van der Waals surface area contributed by atoms with E-state index in [0.29, 0.717) is 5.92 Å². The number of hydrogen-bond donors (Lipinski definition) is 0. The molecule has 0 nitrogen and oxygen atoms in total. The standard InChI is InChI=1S/C21H25.C13H21.C7H6.2ClH.Zr/c1-20(2,3)16-7-9-18-14(12-16)11-15-13-17(21(4,5)6)8-10-19(15)18;1-6-10-8-11(7-2)12(9-10)13(3,4)5;1-7-5-3-2-4-6-7;;;/h7-10,12H,11H2,1-6H3;9-10H,6-7H2,1-5H3;1-6H;2*1H;/q;;;;;+2/p-2. The van der Waals surface area contributed by atoms with Crippen LogP contribution in [0.5, 0.6) is 0 Å². The van der Waals surface area contributed by atoms with Crippen LogP contribution in [0.1, 0.15) is 117 Å². The first-order valence-electron chi connectivity index (χ1n) is 16.2. The van der Waals surface area contributed by atoms with Crippen molar-refractivity contribution in [3.05, 3.63) is 109 Å². The van der Waals surface area contributed by atoms with Crippen molar-refractivity contribution in [3.63, 3.8) is 0 Å². The van der Waals surface area contributed by atoms with Crippen LogP contribution in [0, 0.1) is 11.3 Å². The molecule has 0 aromatic heterocycles. The molecule has 0 saturated carbocycles. The molecule has 5 rings (SSSR count). The van der Waals surface area contributed by atoms with Crippen molar-refractivity contribution >= 4 is 6.98 Å². The van der Waals surface area contributed by atoms with E-state index in [1.165, 1.54) is 34.2 Å². The van der Waals surface area contributed by atoms with E-state index in [0.717, 1.165) is 12.8 Å². The van der Waals surface area contributed by atoms with Gasteiger partial charge >= 0.3 is 266 Å². The van der Waals surface area contributed by atoms with E-state index in [4.69, 9.17) is 0 Å². The molecule has 0 spiro atoms. The van der Waals surface area contributed by atoms with Crippen LogP contribution in [0.2, 0.25) is 0 Å². The molecule has 1 unspecified atom stereocenters. The van der Waals surface area contributed by atoms with Crippen LogP contribution >= 0.6 is 0 Å². The molecule has 0 fully saturated rings. The Morgan fingerprint density at radius 1 is 0.750 bits per heavy atom. The predicted octanol–water partition coefficient (Wildman–Crippen LogP) is 4.63. The van der Waals surface area contributed by atoms with Crippen molar-refractivity contribution < 1.29 is 46.1 Å². The van der Waals surface area contributed by atoms with Crippen LogP contribution in [-0.2, 0) is 38.5 Å². The van der Waals surface area contributed by atoms with Crippen LogP contribution in [0.4, 0.5) is 0 Å². The SMILES string of the molecule is CCC1=[C]([Zr+2](=[CH]c2ccccc2)[c]2c(C(C)(C)C)ccc3c2Cc2cc(C(C)(C)C)ccc2-3)C(CC)C=C1C(C)(C)C.[Cl-].[Cl-]. The van der Waals surface area contributed by atoms with Gasteiger partial charge in [-0.2, -0.15) is 0 Å². The summed E-state index contributed by atoms with van der Waals surface area (Å²) in [7, 11) is 0. The van der Waals surface area contributed by atoms with E-state index in [1.807, 2.05) is 3.28 Å². The van der Waals surface area contributed by atoms with E-state index in [-0.39, 0.29) is 41.1 Å². The maximum Gasteiger partial charge on any atom is -1.00 e. The molecule has 3 heteroatoms. The van der Waals surface area contributed by atoms with Gasteiger partial charge in [0, 0.05) is 0 Å². The minimum absolute atomic E-state index is 0. The van der Waals surface area contributed by atoms with E-state index in [2.05, 4.69) is 147 Å². The summed E-state index contributed by atoms with van der Waals surface area (Å²) in [5.74, 6) is 0.545. The largest absolute Gasteiger partial charge is 1.00 e. The number of benzene rings is 3. The average Bonchev–Trinajstić information content (AvgIpc) is 3.48. The van der Waals surface area contributed by atoms with Crippen molar-refractivity contribution in [2.75, 3.05) is 0 Å². The van der Waals surface area contributed by atoms with Crippen LogP contribution < -0.4 is 28.1 Å². The minimum atomic E-state index is -2.63. The predicted molar refractivity (Wildman–Crippen MR) is 182 cm³/mol. The number of hydrogen-bond acceptors (Lipinski definition) is 0. The summed E-state index contributed by atoms with van der Waals surface area (Å²) in [5.41, 5.74) is 14.2. The Balaban J connectivity index is 0.00000264. The molecule has 0 amide bonds. The molecular formula is C41H52Cl2Zr. The molecule has 0 N–H and O–H groups in total. The van der Waals surface area contributed by atoms with Gasteiger partial charge in [-0.05, 0) is 0 Å². The van der Waals surface area contributed by atoms with Crippen LogP contribution in [0.3, 0.4) is 0 Å². The van der Waals surface area contributed by atoms with Gasteiger partial charge in [-0.3, -0.25) is 0 Å². The second-order valence-corrected chi connectivity index (χ2v) is 20.9. The van der Waals surface area contributed by atoms with Crippen molar-refractivity contribution in [2.24, 2.45) is 11.3 Å². The van der Waals surface area contributed by atoms with E-state index >= 15 is 0 Å². The Morgan fingerprint density at radius 2 is 1.39 bits per heavy atom. The first-order valence-corrected chi connectivity index (χ1v) is 20.1. The zero-order valence-corrected chi connectivity index (χ0v) is 32.9. The van der Waals surface area contributed by atoms with E-state index < -0.39 is 21.3 Å². The summed E-state index contributed by atoms with van der Waals surface area (Å²) >= 11 is -2.63. The number of rotatable bonds is 5. The molecular weight excluding hydrogens is 655 g/mol. The third kappa shape index (κ3) is 7.07. The Hall–Kier alpha value is -1.53. The fraction of sp³-hybridized carbons (Fsp3) is 0.439. The number of allylic oxidation sites excluding steroid dienone is 4. The second kappa shape index (κ2) is 13.7. The summed E-state index contributed by atoms with van der Waals surface area (Å²) in [6.07, 6.45) is 6.04. The molecule has 0 saturated heterocycles. The normalized spacial score (nSPS) is 16.2. The Morgan fingerprint density at radius 3 is 1.93 bits per heavy atom. The molecule has 44 heavy (non-hydrogen) atoms. The molecule has 3 aromatic carbocycles. The summed E-state index contributed by atoms with van der Waals surface area (Å²) < 4.78 is 6.38. The van der Waals surface area contributed by atoms with Crippen molar-refractivity contribution in [3.8, 4) is 11.1 Å². The second-order valence-electron chi connectivity index (χ2n) is 15.6. The zero-order valence-electron chi connectivity index (χ0n) is 28.9. The maximum atomic E-state index is 2.80. The maximum absolute atomic E-state index is 2.80. The number of fused-ring (bicyclic) bond motifs is 3. The van der Waals surface area contributed by atoms with Crippen molar-refractivity contribution in [2.45, 2.75) is 106 Å². The fourth-order valence-electron chi connectivity index (χ4n) is 7.20. The molecule has 234 valence electrons. The summed E-state index contributed by atoms with van der Waals surface area (Å²) in [4.78, 5) is 0. The van der Waals surface area contributed by atoms with E-state index in [1.54, 1.807) is 25.5 Å². The smallest absolute Gasteiger partial charge is 1.00 e. The fourth-order valence-corrected chi connectivity index (χ4v) is 16.3. The van der Waals surface area contributed by atoms with Gasteiger partial charge in [0.25, 0.3) is 0 Å². The van der Waals surface area contributed by atoms with Gasteiger partial charge in [-0.15, -0.1) is 0 Å². The van der Waals surface area contributed by atoms with Gasteiger partial charge in [0.05, 0.1) is 0 Å². The summed E-state index contributed by atoms with van der Waals surface area (Å²) in [5, 5.41) is 0.